The molecule has 0 spiro atoms. The molecular weight excluding hydrogens is 271 g/mol. The molecule has 0 aliphatic heterocycles. The summed E-state index contributed by atoms with van der Waals surface area (Å²) >= 11 is 0. The average Bonchev–Trinajstić information content (AvgIpc) is 2.93. The number of hydrogen-bond donors (Lipinski definition) is 1. The van der Waals surface area contributed by atoms with Crippen LogP contribution < -0.4 is 5.32 Å². The van der Waals surface area contributed by atoms with Gasteiger partial charge >= 0.3 is 0 Å². The molecule has 3 aromatic heterocycles. The number of anilines is 1. The lowest BCUT2D eigenvalue weighted by Gasteiger charge is -2.14. The van der Waals surface area contributed by atoms with Gasteiger partial charge in [-0.3, -0.25) is 4.40 Å². The Morgan fingerprint density at radius 1 is 1.29 bits per heavy atom. The Morgan fingerprint density at radius 3 is 2.95 bits per heavy atom. The topological polar surface area (TPSA) is 68.0 Å². The van der Waals surface area contributed by atoms with E-state index in [1.165, 1.54) is 6.33 Å². The summed E-state index contributed by atoms with van der Waals surface area (Å²) in [6, 6.07) is 5.41. The Labute approximate surface area is 121 Å². The van der Waals surface area contributed by atoms with Crippen molar-refractivity contribution in [1.29, 1.82) is 0 Å². The molecule has 3 aromatic rings. The van der Waals surface area contributed by atoms with Gasteiger partial charge in [0.1, 0.15) is 6.33 Å². The van der Waals surface area contributed by atoms with Gasteiger partial charge in [-0.05, 0) is 25.5 Å². The lowest BCUT2D eigenvalue weighted by Crippen LogP contribution is -2.14. The summed E-state index contributed by atoms with van der Waals surface area (Å²) < 4.78 is 16.0. The lowest BCUT2D eigenvalue weighted by molar-refractivity contribution is 0.592. The van der Waals surface area contributed by atoms with E-state index in [1.54, 1.807) is 0 Å². The van der Waals surface area contributed by atoms with Gasteiger partial charge in [-0.2, -0.15) is 0 Å². The van der Waals surface area contributed by atoms with E-state index in [0.717, 1.165) is 5.65 Å². The Balaban J connectivity index is 1.91. The summed E-state index contributed by atoms with van der Waals surface area (Å²) in [5.74, 6) is 0.462. The third-order valence-electron chi connectivity index (χ3n) is 3.28. The summed E-state index contributed by atoms with van der Waals surface area (Å²) in [4.78, 5) is 7.88. The van der Waals surface area contributed by atoms with Gasteiger partial charge in [0.05, 0.1) is 11.7 Å². The fourth-order valence-corrected chi connectivity index (χ4v) is 2.18. The van der Waals surface area contributed by atoms with Crippen LogP contribution in [0.2, 0.25) is 0 Å². The Bertz CT molecular complexity index is 769. The van der Waals surface area contributed by atoms with Gasteiger partial charge in [0.15, 0.2) is 23.1 Å². The van der Waals surface area contributed by atoms with Crippen LogP contribution in [0.4, 0.5) is 10.2 Å². The van der Waals surface area contributed by atoms with Crippen LogP contribution in [0.5, 0.6) is 0 Å². The minimum atomic E-state index is -0.416. The van der Waals surface area contributed by atoms with Crippen molar-refractivity contribution in [3.05, 3.63) is 48.1 Å². The zero-order valence-electron chi connectivity index (χ0n) is 11.8. The predicted octanol–water partition coefficient (Wildman–Crippen LogP) is 2.39. The molecule has 0 fully saturated rings. The Kier molecular flexibility index (Phi) is 3.47. The van der Waals surface area contributed by atoms with E-state index in [0.29, 0.717) is 17.9 Å². The second-order valence-electron chi connectivity index (χ2n) is 4.69. The lowest BCUT2D eigenvalue weighted by atomic mass is 10.2. The van der Waals surface area contributed by atoms with Crippen molar-refractivity contribution in [3.8, 4) is 0 Å². The predicted molar refractivity (Wildman–Crippen MR) is 76.4 cm³/mol. The maximum absolute atomic E-state index is 14.2. The van der Waals surface area contributed by atoms with E-state index in [9.17, 15) is 4.39 Å². The molecule has 7 heteroatoms. The molecule has 21 heavy (non-hydrogen) atoms. The van der Waals surface area contributed by atoms with E-state index in [2.05, 4.69) is 25.5 Å². The van der Waals surface area contributed by atoms with Gasteiger partial charge in [0, 0.05) is 6.20 Å². The number of aryl methyl sites for hydroxylation is 1. The molecule has 0 aliphatic carbocycles. The average molecular weight is 286 g/mol. The number of fused-ring (bicyclic) bond motifs is 1. The van der Waals surface area contributed by atoms with E-state index in [-0.39, 0.29) is 11.9 Å². The maximum Gasteiger partial charge on any atom is 0.186 e. The minimum absolute atomic E-state index is 0.182. The van der Waals surface area contributed by atoms with E-state index < -0.39 is 5.82 Å². The normalized spacial score (nSPS) is 12.5. The number of hydrogen-bond acceptors (Lipinski definition) is 5. The zero-order chi connectivity index (χ0) is 14.8. The Hall–Kier alpha value is -2.57. The fourth-order valence-electron chi connectivity index (χ4n) is 2.18. The quantitative estimate of drug-likeness (QED) is 0.797. The van der Waals surface area contributed by atoms with Gasteiger partial charge in [0.25, 0.3) is 0 Å². The molecule has 0 saturated carbocycles. The summed E-state index contributed by atoms with van der Waals surface area (Å²) in [7, 11) is 0. The molecule has 1 unspecified atom stereocenters. The summed E-state index contributed by atoms with van der Waals surface area (Å²) in [6.07, 6.45) is 3.75. The van der Waals surface area contributed by atoms with Gasteiger partial charge in [-0.1, -0.05) is 13.0 Å². The highest BCUT2D eigenvalue weighted by atomic mass is 19.1. The molecule has 1 N–H and O–H groups in total. The van der Waals surface area contributed by atoms with Crippen LogP contribution in [0, 0.1) is 5.82 Å². The van der Waals surface area contributed by atoms with Gasteiger partial charge in [0.2, 0.25) is 0 Å². The zero-order valence-corrected chi connectivity index (χ0v) is 11.8. The van der Waals surface area contributed by atoms with Crippen molar-refractivity contribution in [1.82, 2.24) is 24.6 Å². The highest BCUT2D eigenvalue weighted by Gasteiger charge is 2.17. The molecule has 1 atom stereocenters. The summed E-state index contributed by atoms with van der Waals surface area (Å²) in [5, 5.41) is 11.3. The Morgan fingerprint density at radius 2 is 2.14 bits per heavy atom. The monoisotopic (exact) mass is 286 g/mol. The highest BCUT2D eigenvalue weighted by Crippen LogP contribution is 2.20. The van der Waals surface area contributed by atoms with Crippen LogP contribution in [-0.4, -0.2) is 24.6 Å². The van der Waals surface area contributed by atoms with Crippen LogP contribution in [0.15, 0.2) is 30.7 Å². The first kappa shape index (κ1) is 13.4. The van der Waals surface area contributed by atoms with Crippen LogP contribution in [0.25, 0.3) is 5.65 Å². The van der Waals surface area contributed by atoms with Crippen molar-refractivity contribution >= 4 is 11.5 Å². The molecule has 0 amide bonds. The SMILES string of the molecule is CCc1ncnc(NC(C)c2nnc3ccccn23)c1F. The molecule has 3 heterocycles. The van der Waals surface area contributed by atoms with Gasteiger partial charge in [-0.25, -0.2) is 14.4 Å². The van der Waals surface area contributed by atoms with Crippen molar-refractivity contribution in [2.75, 3.05) is 5.32 Å². The first-order valence-corrected chi connectivity index (χ1v) is 6.76. The molecule has 0 bridgehead atoms. The minimum Gasteiger partial charge on any atom is -0.358 e. The first-order chi connectivity index (χ1) is 10.2. The number of rotatable bonds is 4. The number of aromatic nitrogens is 5. The third kappa shape index (κ3) is 2.42. The fraction of sp³-hybridized carbons (Fsp3) is 0.286. The molecule has 3 rings (SSSR count). The molecule has 0 saturated heterocycles. The standard InChI is InChI=1S/C14H15FN6/c1-3-10-12(15)13(17-8-16-10)18-9(2)14-20-19-11-6-4-5-7-21(11)14/h4-9H,3H2,1-2H3,(H,16,17,18). The molecular formula is C14H15FN6. The first-order valence-electron chi connectivity index (χ1n) is 6.76. The van der Waals surface area contributed by atoms with Crippen molar-refractivity contribution in [2.24, 2.45) is 0 Å². The van der Waals surface area contributed by atoms with Gasteiger partial charge in [-0.15, -0.1) is 10.2 Å². The molecule has 108 valence electrons. The summed E-state index contributed by atoms with van der Waals surface area (Å²) in [6.45, 7) is 3.74. The van der Waals surface area contributed by atoms with Crippen LogP contribution in [0.1, 0.15) is 31.4 Å². The summed E-state index contributed by atoms with van der Waals surface area (Å²) in [5.41, 5.74) is 1.14. The van der Waals surface area contributed by atoms with Crippen LogP contribution in [0.3, 0.4) is 0 Å². The second kappa shape index (κ2) is 5.43. The number of pyridine rings is 1. The third-order valence-corrected chi connectivity index (χ3v) is 3.28. The van der Waals surface area contributed by atoms with Crippen LogP contribution >= 0.6 is 0 Å². The molecule has 0 radical (unpaired) electrons. The molecule has 0 aromatic carbocycles. The van der Waals surface area contributed by atoms with Gasteiger partial charge < -0.3 is 5.32 Å². The smallest absolute Gasteiger partial charge is 0.186 e. The second-order valence-corrected chi connectivity index (χ2v) is 4.69. The van der Waals surface area contributed by atoms with E-state index >= 15 is 0 Å². The van der Waals surface area contributed by atoms with Crippen molar-refractivity contribution in [2.45, 2.75) is 26.3 Å². The van der Waals surface area contributed by atoms with Crippen molar-refractivity contribution in [3.63, 3.8) is 0 Å². The number of nitrogens with zero attached hydrogens (tertiary/aromatic N) is 5. The van der Waals surface area contributed by atoms with Crippen LogP contribution in [-0.2, 0) is 6.42 Å². The molecule has 0 aliphatic rings. The maximum atomic E-state index is 14.2. The molecule has 6 nitrogen and oxygen atoms in total. The number of halogens is 1. The van der Waals surface area contributed by atoms with Crippen molar-refractivity contribution < 1.29 is 4.39 Å². The van der Waals surface area contributed by atoms with E-state index in [4.69, 9.17) is 0 Å². The highest BCUT2D eigenvalue weighted by molar-refractivity contribution is 5.42. The number of nitrogens with one attached hydrogen (secondary N) is 1. The largest absolute Gasteiger partial charge is 0.358 e. The van der Waals surface area contributed by atoms with E-state index in [1.807, 2.05) is 42.6 Å².